The van der Waals surface area contributed by atoms with Crippen LogP contribution in [0.1, 0.15) is 18.1 Å². The maximum atomic E-state index is 11.2. The molecule has 126 valence electrons. The molecule has 1 heterocycles. The van der Waals surface area contributed by atoms with E-state index in [-0.39, 0.29) is 18.1 Å². The highest BCUT2D eigenvalue weighted by atomic mass is 16.5. The molecule has 0 aromatic heterocycles. The van der Waals surface area contributed by atoms with Gasteiger partial charge in [-0.15, -0.1) is 0 Å². The van der Waals surface area contributed by atoms with E-state index in [1.54, 1.807) is 18.2 Å². The number of amides is 1. The number of carbonyl (C=O) groups excluding carboxylic acids is 1. The molecule has 0 aliphatic carbocycles. The van der Waals surface area contributed by atoms with Gasteiger partial charge in [-0.05, 0) is 11.6 Å². The number of ether oxygens (including phenoxy) is 1. The van der Waals surface area contributed by atoms with Gasteiger partial charge in [0.25, 0.3) is 0 Å². The molecule has 0 bridgehead atoms. The Labute approximate surface area is 134 Å². The standard InChI is InChI=1S/C16H22N2O5/c1-11(19)17-14(16(21)22)9-12-2-3-15(20)13(8-12)10-18-4-6-23-7-5-18/h2-3,8,14,20H,4-7,9-10H2,1H3,(H,17,19)(H,21,22). The van der Waals surface area contributed by atoms with Crippen LogP contribution in [0.4, 0.5) is 0 Å². The lowest BCUT2D eigenvalue weighted by molar-refractivity contribution is -0.141. The maximum absolute atomic E-state index is 11.2. The molecule has 23 heavy (non-hydrogen) atoms. The predicted molar refractivity (Wildman–Crippen MR) is 83.1 cm³/mol. The summed E-state index contributed by atoms with van der Waals surface area (Å²) in [6.45, 7) is 4.81. The summed E-state index contributed by atoms with van der Waals surface area (Å²) in [4.78, 5) is 24.5. The third-order valence-electron chi connectivity index (χ3n) is 3.76. The third-order valence-corrected chi connectivity index (χ3v) is 3.76. The lowest BCUT2D eigenvalue weighted by Crippen LogP contribution is -2.41. The Bertz CT molecular complexity index is 570. The summed E-state index contributed by atoms with van der Waals surface area (Å²) >= 11 is 0. The molecular formula is C16H22N2O5. The van der Waals surface area contributed by atoms with E-state index in [1.165, 1.54) is 6.92 Å². The molecular weight excluding hydrogens is 300 g/mol. The number of nitrogens with one attached hydrogen (secondary N) is 1. The molecule has 1 amide bonds. The van der Waals surface area contributed by atoms with E-state index in [4.69, 9.17) is 4.74 Å². The highest BCUT2D eigenvalue weighted by Crippen LogP contribution is 2.21. The van der Waals surface area contributed by atoms with E-state index in [0.29, 0.717) is 19.8 Å². The maximum Gasteiger partial charge on any atom is 0.326 e. The molecule has 1 aromatic carbocycles. The van der Waals surface area contributed by atoms with Crippen LogP contribution in [0, 0.1) is 0 Å². The number of carboxylic acids is 1. The van der Waals surface area contributed by atoms with Crippen LogP contribution in [-0.2, 0) is 27.3 Å². The lowest BCUT2D eigenvalue weighted by atomic mass is 10.0. The van der Waals surface area contributed by atoms with Crippen molar-refractivity contribution in [3.8, 4) is 5.75 Å². The van der Waals surface area contributed by atoms with Crippen LogP contribution in [0.25, 0.3) is 0 Å². The number of nitrogens with zero attached hydrogens (tertiary/aromatic N) is 1. The fourth-order valence-electron chi connectivity index (χ4n) is 2.57. The minimum Gasteiger partial charge on any atom is -0.508 e. The largest absolute Gasteiger partial charge is 0.508 e. The number of hydrogen-bond donors (Lipinski definition) is 3. The van der Waals surface area contributed by atoms with E-state index >= 15 is 0 Å². The molecule has 1 aliphatic rings. The van der Waals surface area contributed by atoms with Gasteiger partial charge in [-0.25, -0.2) is 4.79 Å². The Hall–Kier alpha value is -2.12. The van der Waals surface area contributed by atoms with E-state index in [9.17, 15) is 19.8 Å². The summed E-state index contributed by atoms with van der Waals surface area (Å²) in [7, 11) is 0. The number of aromatic hydroxyl groups is 1. The molecule has 7 heteroatoms. The zero-order valence-corrected chi connectivity index (χ0v) is 13.1. The average Bonchev–Trinajstić information content (AvgIpc) is 2.50. The zero-order chi connectivity index (χ0) is 16.8. The van der Waals surface area contributed by atoms with Crippen molar-refractivity contribution in [2.24, 2.45) is 0 Å². The average molecular weight is 322 g/mol. The van der Waals surface area contributed by atoms with Gasteiger partial charge < -0.3 is 20.3 Å². The van der Waals surface area contributed by atoms with Crippen LogP contribution < -0.4 is 5.32 Å². The first-order valence-electron chi connectivity index (χ1n) is 7.56. The summed E-state index contributed by atoms with van der Waals surface area (Å²) in [5, 5.41) is 21.6. The molecule has 0 radical (unpaired) electrons. The van der Waals surface area contributed by atoms with Crippen molar-refractivity contribution in [2.75, 3.05) is 26.3 Å². The second-order valence-electron chi connectivity index (χ2n) is 5.65. The van der Waals surface area contributed by atoms with Crippen LogP contribution in [0.15, 0.2) is 18.2 Å². The molecule has 1 atom stereocenters. The van der Waals surface area contributed by atoms with Crippen LogP contribution in [0.5, 0.6) is 5.75 Å². The number of hydrogen-bond acceptors (Lipinski definition) is 5. The van der Waals surface area contributed by atoms with Crippen molar-refractivity contribution in [1.82, 2.24) is 10.2 Å². The minimum atomic E-state index is -1.08. The minimum absolute atomic E-state index is 0.172. The van der Waals surface area contributed by atoms with Crippen molar-refractivity contribution in [2.45, 2.75) is 25.9 Å². The van der Waals surface area contributed by atoms with Crippen molar-refractivity contribution in [1.29, 1.82) is 0 Å². The quantitative estimate of drug-likeness (QED) is 0.699. The predicted octanol–water partition coefficient (Wildman–Crippen LogP) is 0.356. The Morgan fingerprint density at radius 3 is 2.65 bits per heavy atom. The number of morpholine rings is 1. The van der Waals surface area contributed by atoms with Gasteiger partial charge in [0, 0.05) is 38.5 Å². The normalized spacial score (nSPS) is 16.7. The number of rotatable bonds is 6. The fourth-order valence-corrected chi connectivity index (χ4v) is 2.57. The highest BCUT2D eigenvalue weighted by Gasteiger charge is 2.20. The number of carbonyl (C=O) groups is 2. The highest BCUT2D eigenvalue weighted by molar-refractivity contribution is 5.82. The Balaban J connectivity index is 2.08. The third kappa shape index (κ3) is 5.22. The van der Waals surface area contributed by atoms with Crippen molar-refractivity contribution in [3.05, 3.63) is 29.3 Å². The van der Waals surface area contributed by atoms with Crippen LogP contribution in [0.3, 0.4) is 0 Å². The molecule has 7 nitrogen and oxygen atoms in total. The van der Waals surface area contributed by atoms with Crippen molar-refractivity contribution in [3.63, 3.8) is 0 Å². The number of phenolic OH excluding ortho intramolecular Hbond substituents is 1. The lowest BCUT2D eigenvalue weighted by Gasteiger charge is -2.27. The molecule has 2 rings (SSSR count). The Kier molecular flexibility index (Phi) is 5.95. The number of carboxylic acid groups (broad SMARTS) is 1. The van der Waals surface area contributed by atoms with Crippen molar-refractivity contribution >= 4 is 11.9 Å². The molecule has 0 spiro atoms. The first-order valence-corrected chi connectivity index (χ1v) is 7.56. The monoisotopic (exact) mass is 322 g/mol. The molecule has 0 saturated carbocycles. The summed E-state index contributed by atoms with van der Waals surface area (Å²) in [6.07, 6.45) is 0.172. The number of aliphatic carboxylic acids is 1. The van der Waals surface area contributed by atoms with Gasteiger partial charge in [-0.2, -0.15) is 0 Å². The summed E-state index contributed by atoms with van der Waals surface area (Å²) in [5.74, 6) is -1.28. The molecule has 1 unspecified atom stereocenters. The smallest absolute Gasteiger partial charge is 0.326 e. The van der Waals surface area contributed by atoms with Crippen LogP contribution >= 0.6 is 0 Å². The molecule has 3 N–H and O–H groups in total. The van der Waals surface area contributed by atoms with Gasteiger partial charge in [-0.1, -0.05) is 12.1 Å². The van der Waals surface area contributed by atoms with E-state index in [2.05, 4.69) is 10.2 Å². The fraction of sp³-hybridized carbons (Fsp3) is 0.500. The Morgan fingerprint density at radius 1 is 1.35 bits per heavy atom. The SMILES string of the molecule is CC(=O)NC(Cc1ccc(O)c(CN2CCOCC2)c1)C(=O)O. The molecule has 1 aromatic rings. The van der Waals surface area contributed by atoms with Crippen LogP contribution in [-0.4, -0.2) is 59.3 Å². The van der Waals surface area contributed by atoms with Gasteiger partial charge in [-0.3, -0.25) is 9.69 Å². The molecule has 1 aliphatic heterocycles. The van der Waals surface area contributed by atoms with E-state index < -0.39 is 12.0 Å². The first-order chi connectivity index (χ1) is 11.0. The first kappa shape index (κ1) is 17.2. The van der Waals surface area contributed by atoms with Gasteiger partial charge in [0.15, 0.2) is 0 Å². The van der Waals surface area contributed by atoms with E-state index in [0.717, 1.165) is 24.2 Å². The summed E-state index contributed by atoms with van der Waals surface area (Å²) < 4.78 is 5.30. The summed E-state index contributed by atoms with van der Waals surface area (Å²) in [5.41, 5.74) is 1.50. The van der Waals surface area contributed by atoms with Crippen molar-refractivity contribution < 1.29 is 24.5 Å². The summed E-state index contributed by atoms with van der Waals surface area (Å²) in [6, 6.07) is 4.06. The molecule has 1 saturated heterocycles. The van der Waals surface area contributed by atoms with Crippen LogP contribution in [0.2, 0.25) is 0 Å². The van der Waals surface area contributed by atoms with Gasteiger partial charge in [0.1, 0.15) is 11.8 Å². The Morgan fingerprint density at radius 2 is 2.04 bits per heavy atom. The van der Waals surface area contributed by atoms with Gasteiger partial charge in [0.2, 0.25) is 5.91 Å². The number of phenols is 1. The van der Waals surface area contributed by atoms with E-state index in [1.807, 2.05) is 0 Å². The van der Waals surface area contributed by atoms with Gasteiger partial charge in [0.05, 0.1) is 13.2 Å². The topological polar surface area (TPSA) is 99.1 Å². The second-order valence-corrected chi connectivity index (χ2v) is 5.65. The van der Waals surface area contributed by atoms with Gasteiger partial charge >= 0.3 is 5.97 Å². The zero-order valence-electron chi connectivity index (χ0n) is 13.1. The molecule has 1 fully saturated rings. The number of benzene rings is 1. The second kappa shape index (κ2) is 7.94.